The Balaban J connectivity index is 2.07. The fourth-order valence-corrected chi connectivity index (χ4v) is 2.85. The molecule has 1 amide bonds. The lowest BCUT2D eigenvalue weighted by molar-refractivity contribution is 0.0899. The van der Waals surface area contributed by atoms with Gasteiger partial charge in [0.25, 0.3) is 5.91 Å². The van der Waals surface area contributed by atoms with Gasteiger partial charge in [-0.3, -0.25) is 4.79 Å². The van der Waals surface area contributed by atoms with Crippen molar-refractivity contribution in [3.63, 3.8) is 0 Å². The highest BCUT2D eigenvalue weighted by Crippen LogP contribution is 2.24. The van der Waals surface area contributed by atoms with Gasteiger partial charge in [-0.15, -0.1) is 0 Å². The van der Waals surface area contributed by atoms with Crippen molar-refractivity contribution in [3.05, 3.63) is 29.6 Å². The molecule has 1 aromatic carbocycles. The van der Waals surface area contributed by atoms with Crippen LogP contribution in [0.3, 0.4) is 0 Å². The first-order valence-corrected chi connectivity index (χ1v) is 7.41. The second-order valence-corrected chi connectivity index (χ2v) is 5.51. The molecule has 0 aromatic heterocycles. The van der Waals surface area contributed by atoms with Gasteiger partial charge < -0.3 is 15.2 Å². The van der Waals surface area contributed by atoms with Crippen LogP contribution in [0, 0.1) is 11.7 Å². The van der Waals surface area contributed by atoms with Crippen LogP contribution in [-0.4, -0.2) is 30.8 Å². The average Bonchev–Trinajstić information content (AvgIpc) is 2.72. The van der Waals surface area contributed by atoms with E-state index in [9.17, 15) is 14.3 Å². The highest BCUT2D eigenvalue weighted by molar-refractivity contribution is 5.94. The Hall–Kier alpha value is -1.62. The number of halogens is 1. The summed E-state index contributed by atoms with van der Waals surface area (Å²) in [6.07, 6.45) is 5.02. The third-order valence-corrected chi connectivity index (χ3v) is 4.12. The van der Waals surface area contributed by atoms with Crippen LogP contribution in [0.15, 0.2) is 18.2 Å². The highest BCUT2D eigenvalue weighted by atomic mass is 19.1. The minimum absolute atomic E-state index is 0.0461. The van der Waals surface area contributed by atoms with Crippen molar-refractivity contribution in [1.82, 2.24) is 5.32 Å². The van der Waals surface area contributed by atoms with Crippen LogP contribution in [0.1, 0.15) is 42.5 Å². The summed E-state index contributed by atoms with van der Waals surface area (Å²) >= 11 is 0. The maximum atomic E-state index is 13.7. The Bertz CT molecular complexity index is 492. The number of nitrogens with one attached hydrogen (secondary N) is 1. The van der Waals surface area contributed by atoms with E-state index in [2.05, 4.69) is 5.32 Å². The molecular formula is C16H22FNO3. The first-order valence-electron chi connectivity index (χ1n) is 7.41. The Morgan fingerprint density at radius 3 is 2.81 bits per heavy atom. The number of aliphatic hydroxyl groups excluding tert-OH is 1. The molecule has 2 atom stereocenters. The van der Waals surface area contributed by atoms with Crippen molar-refractivity contribution in [2.24, 2.45) is 5.92 Å². The molecule has 0 heterocycles. The first kappa shape index (κ1) is 15.8. The van der Waals surface area contributed by atoms with E-state index in [1.165, 1.54) is 19.2 Å². The summed E-state index contributed by atoms with van der Waals surface area (Å²) < 4.78 is 18.5. The largest absolute Gasteiger partial charge is 0.494 e. The van der Waals surface area contributed by atoms with E-state index in [4.69, 9.17) is 4.74 Å². The summed E-state index contributed by atoms with van der Waals surface area (Å²) in [5.74, 6) is -0.652. The molecule has 5 heteroatoms. The second kappa shape index (κ2) is 7.41. The number of hydrogen-bond acceptors (Lipinski definition) is 3. The lowest BCUT2D eigenvalue weighted by Gasteiger charge is -2.24. The summed E-state index contributed by atoms with van der Waals surface area (Å²) in [7, 11) is 1.38. The summed E-state index contributed by atoms with van der Waals surface area (Å²) in [4.78, 5) is 12.2. The van der Waals surface area contributed by atoms with E-state index < -0.39 is 5.82 Å². The summed E-state index contributed by atoms with van der Waals surface area (Å²) in [5, 5.41) is 12.4. The number of aliphatic hydroxyl groups is 1. The maximum absolute atomic E-state index is 13.7. The van der Waals surface area contributed by atoms with Crippen LogP contribution in [0.5, 0.6) is 5.75 Å². The Morgan fingerprint density at radius 1 is 1.38 bits per heavy atom. The second-order valence-electron chi connectivity index (χ2n) is 5.51. The third kappa shape index (κ3) is 3.94. The SMILES string of the molecule is COc1ccc(C(=O)NC2CCCCCC2CO)cc1F. The number of benzene rings is 1. The van der Waals surface area contributed by atoms with Gasteiger partial charge in [0.05, 0.1) is 7.11 Å². The number of hydrogen-bond donors (Lipinski definition) is 2. The molecule has 2 rings (SSSR count). The maximum Gasteiger partial charge on any atom is 0.251 e. The number of rotatable bonds is 4. The quantitative estimate of drug-likeness (QED) is 0.839. The van der Waals surface area contributed by atoms with E-state index >= 15 is 0 Å². The molecule has 0 radical (unpaired) electrons. The number of ether oxygens (including phenoxy) is 1. The zero-order valence-electron chi connectivity index (χ0n) is 12.3. The Labute approximate surface area is 124 Å². The number of amides is 1. The highest BCUT2D eigenvalue weighted by Gasteiger charge is 2.25. The molecule has 0 bridgehead atoms. The number of carbonyl (C=O) groups excluding carboxylic acids is 1. The van der Waals surface area contributed by atoms with Crippen LogP contribution in [0.25, 0.3) is 0 Å². The fraction of sp³-hybridized carbons (Fsp3) is 0.562. The molecule has 116 valence electrons. The third-order valence-electron chi connectivity index (χ3n) is 4.12. The van der Waals surface area contributed by atoms with Crippen molar-refractivity contribution in [2.45, 2.75) is 38.1 Å². The van der Waals surface area contributed by atoms with Gasteiger partial charge in [0.1, 0.15) is 0 Å². The molecular weight excluding hydrogens is 273 g/mol. The van der Waals surface area contributed by atoms with E-state index in [0.717, 1.165) is 32.1 Å². The van der Waals surface area contributed by atoms with Gasteiger partial charge in [-0.25, -0.2) is 4.39 Å². The first-order chi connectivity index (χ1) is 10.2. The molecule has 0 spiro atoms. The molecule has 1 fully saturated rings. The van der Waals surface area contributed by atoms with Crippen molar-refractivity contribution < 1.29 is 19.0 Å². The molecule has 1 aliphatic carbocycles. The molecule has 1 aliphatic rings. The number of methoxy groups -OCH3 is 1. The van der Waals surface area contributed by atoms with Gasteiger partial charge in [-0.2, -0.15) is 0 Å². The number of carbonyl (C=O) groups is 1. The molecule has 4 nitrogen and oxygen atoms in total. The van der Waals surface area contributed by atoms with Gasteiger partial charge in [0, 0.05) is 24.1 Å². The standard InChI is InChI=1S/C16H22FNO3/c1-21-15-8-7-11(9-13(15)17)16(20)18-14-6-4-2-3-5-12(14)10-19/h7-9,12,14,19H,2-6,10H2,1H3,(H,18,20). The predicted molar refractivity (Wildman–Crippen MR) is 77.9 cm³/mol. The van der Waals surface area contributed by atoms with Crippen molar-refractivity contribution >= 4 is 5.91 Å². The van der Waals surface area contributed by atoms with Gasteiger partial charge in [0.2, 0.25) is 0 Å². The van der Waals surface area contributed by atoms with Crippen LogP contribution in [-0.2, 0) is 0 Å². The molecule has 0 saturated heterocycles. The van der Waals surface area contributed by atoms with Gasteiger partial charge in [-0.05, 0) is 31.0 Å². The molecule has 2 unspecified atom stereocenters. The molecule has 1 saturated carbocycles. The normalized spacial score (nSPS) is 22.4. The molecule has 21 heavy (non-hydrogen) atoms. The van der Waals surface area contributed by atoms with Crippen molar-refractivity contribution in [3.8, 4) is 5.75 Å². The smallest absolute Gasteiger partial charge is 0.251 e. The molecule has 0 aliphatic heterocycles. The van der Waals surface area contributed by atoms with E-state index in [-0.39, 0.29) is 35.8 Å². The summed E-state index contributed by atoms with van der Waals surface area (Å²) in [6.45, 7) is 0.0713. The Morgan fingerprint density at radius 2 is 2.14 bits per heavy atom. The minimum atomic E-state index is -0.551. The topological polar surface area (TPSA) is 58.6 Å². The van der Waals surface area contributed by atoms with Crippen LogP contribution in [0.4, 0.5) is 4.39 Å². The van der Waals surface area contributed by atoms with E-state index in [0.29, 0.717) is 0 Å². The lowest BCUT2D eigenvalue weighted by Crippen LogP contribution is -2.41. The minimum Gasteiger partial charge on any atom is -0.494 e. The summed E-state index contributed by atoms with van der Waals surface area (Å²) in [6, 6.07) is 4.12. The van der Waals surface area contributed by atoms with Gasteiger partial charge in [-0.1, -0.05) is 19.3 Å². The lowest BCUT2D eigenvalue weighted by atomic mass is 9.95. The molecule has 2 N–H and O–H groups in total. The molecule has 1 aromatic rings. The monoisotopic (exact) mass is 295 g/mol. The fourth-order valence-electron chi connectivity index (χ4n) is 2.85. The van der Waals surface area contributed by atoms with Crippen LogP contribution < -0.4 is 10.1 Å². The van der Waals surface area contributed by atoms with Crippen LogP contribution in [0.2, 0.25) is 0 Å². The van der Waals surface area contributed by atoms with Crippen molar-refractivity contribution in [2.75, 3.05) is 13.7 Å². The van der Waals surface area contributed by atoms with E-state index in [1.807, 2.05) is 0 Å². The zero-order valence-corrected chi connectivity index (χ0v) is 12.3. The zero-order chi connectivity index (χ0) is 15.2. The van der Waals surface area contributed by atoms with Gasteiger partial charge >= 0.3 is 0 Å². The Kier molecular flexibility index (Phi) is 5.56. The average molecular weight is 295 g/mol. The van der Waals surface area contributed by atoms with Gasteiger partial charge in [0.15, 0.2) is 11.6 Å². The predicted octanol–water partition coefficient (Wildman–Crippen LogP) is 2.51. The summed E-state index contributed by atoms with van der Waals surface area (Å²) in [5.41, 5.74) is 0.272. The van der Waals surface area contributed by atoms with Crippen LogP contribution >= 0.6 is 0 Å². The van der Waals surface area contributed by atoms with E-state index in [1.54, 1.807) is 6.07 Å². The van der Waals surface area contributed by atoms with Crippen molar-refractivity contribution in [1.29, 1.82) is 0 Å².